The smallest absolute Gasteiger partial charge is 0.263 e. The van der Waals surface area contributed by atoms with Crippen molar-refractivity contribution in [2.75, 3.05) is 5.43 Å². The lowest BCUT2D eigenvalue weighted by atomic mass is 10.0. The predicted octanol–water partition coefficient (Wildman–Crippen LogP) is 4.24. The molecule has 0 atom stereocenters. The molecule has 0 saturated carbocycles. The Kier molecular flexibility index (Phi) is 4.47. The highest BCUT2D eigenvalue weighted by molar-refractivity contribution is 5.78. The molecule has 0 radical (unpaired) electrons. The van der Waals surface area contributed by atoms with E-state index in [4.69, 9.17) is 4.42 Å². The van der Waals surface area contributed by atoms with Gasteiger partial charge in [-0.3, -0.25) is 0 Å². The minimum Gasteiger partial charge on any atom is -0.463 e. The maximum absolute atomic E-state index is 5.20. The molecule has 2 aromatic heterocycles. The summed E-state index contributed by atoms with van der Waals surface area (Å²) in [4.78, 5) is 4.61. The van der Waals surface area contributed by atoms with Crippen LogP contribution in [0.4, 0.5) is 5.95 Å². The summed E-state index contributed by atoms with van der Waals surface area (Å²) in [5, 5.41) is 12.6. The molecule has 0 amide bonds. The number of furan rings is 1. The molecule has 26 heavy (non-hydrogen) atoms. The van der Waals surface area contributed by atoms with Crippen molar-refractivity contribution in [3.8, 4) is 22.5 Å². The number of hydrogen-bond acceptors (Lipinski definition) is 6. The molecule has 0 aliphatic carbocycles. The Labute approximate surface area is 150 Å². The lowest BCUT2D eigenvalue weighted by molar-refractivity contribution is 0.560. The molecule has 6 nitrogen and oxygen atoms in total. The Balaban J connectivity index is 1.70. The second kappa shape index (κ2) is 7.40. The third-order valence-electron chi connectivity index (χ3n) is 3.68. The average Bonchev–Trinajstić information content (AvgIpc) is 3.23. The Morgan fingerprint density at radius 3 is 2.12 bits per heavy atom. The zero-order valence-electron chi connectivity index (χ0n) is 13.8. The third-order valence-corrected chi connectivity index (χ3v) is 3.68. The van der Waals surface area contributed by atoms with Gasteiger partial charge >= 0.3 is 0 Å². The van der Waals surface area contributed by atoms with E-state index >= 15 is 0 Å². The fourth-order valence-corrected chi connectivity index (χ4v) is 2.48. The molecule has 0 fully saturated rings. The summed E-state index contributed by atoms with van der Waals surface area (Å²) in [5.74, 6) is 0.945. The molecule has 1 N–H and O–H groups in total. The number of benzene rings is 2. The minimum absolute atomic E-state index is 0.311. The number of hydrogen-bond donors (Lipinski definition) is 1. The first-order valence-corrected chi connectivity index (χ1v) is 8.08. The van der Waals surface area contributed by atoms with Gasteiger partial charge in [0.2, 0.25) is 0 Å². The van der Waals surface area contributed by atoms with E-state index in [0.29, 0.717) is 11.7 Å². The van der Waals surface area contributed by atoms with E-state index in [1.54, 1.807) is 24.6 Å². The molecular weight excluding hydrogens is 326 g/mol. The van der Waals surface area contributed by atoms with Gasteiger partial charge < -0.3 is 4.42 Å². The van der Waals surface area contributed by atoms with Gasteiger partial charge in [-0.05, 0) is 12.1 Å². The molecule has 2 aromatic carbocycles. The van der Waals surface area contributed by atoms with Crippen LogP contribution < -0.4 is 5.43 Å². The number of nitrogens with zero attached hydrogens (tertiary/aromatic N) is 4. The zero-order chi connectivity index (χ0) is 17.6. The van der Waals surface area contributed by atoms with Crippen molar-refractivity contribution in [1.29, 1.82) is 0 Å². The van der Waals surface area contributed by atoms with Crippen LogP contribution in [0.5, 0.6) is 0 Å². The van der Waals surface area contributed by atoms with E-state index < -0.39 is 0 Å². The van der Waals surface area contributed by atoms with Gasteiger partial charge in [-0.15, -0.1) is 10.2 Å². The molecule has 0 bridgehead atoms. The molecular formula is C20H15N5O. The average molecular weight is 341 g/mol. The second-order valence-corrected chi connectivity index (χ2v) is 5.45. The monoisotopic (exact) mass is 341 g/mol. The van der Waals surface area contributed by atoms with E-state index in [9.17, 15) is 0 Å². The Hall–Kier alpha value is -3.80. The van der Waals surface area contributed by atoms with Crippen molar-refractivity contribution in [1.82, 2.24) is 15.2 Å². The Morgan fingerprint density at radius 1 is 0.769 bits per heavy atom. The van der Waals surface area contributed by atoms with Crippen molar-refractivity contribution in [2.24, 2.45) is 5.10 Å². The predicted molar refractivity (Wildman–Crippen MR) is 101 cm³/mol. The Morgan fingerprint density at radius 2 is 1.46 bits per heavy atom. The van der Waals surface area contributed by atoms with Crippen molar-refractivity contribution < 1.29 is 4.42 Å². The van der Waals surface area contributed by atoms with Crippen LogP contribution in [-0.2, 0) is 0 Å². The number of anilines is 1. The van der Waals surface area contributed by atoms with Gasteiger partial charge in [0.15, 0.2) is 0 Å². The maximum atomic E-state index is 5.20. The summed E-state index contributed by atoms with van der Waals surface area (Å²) in [7, 11) is 0. The van der Waals surface area contributed by atoms with Crippen LogP contribution in [0.25, 0.3) is 22.5 Å². The summed E-state index contributed by atoms with van der Waals surface area (Å²) in [6.45, 7) is 0. The van der Waals surface area contributed by atoms with E-state index in [1.807, 2.05) is 60.7 Å². The zero-order valence-corrected chi connectivity index (χ0v) is 13.8. The highest BCUT2D eigenvalue weighted by atomic mass is 16.3. The maximum Gasteiger partial charge on any atom is 0.263 e. The third kappa shape index (κ3) is 3.49. The second-order valence-electron chi connectivity index (χ2n) is 5.45. The Bertz CT molecular complexity index is 999. The molecule has 4 rings (SSSR count). The van der Waals surface area contributed by atoms with Gasteiger partial charge in [-0.25, -0.2) is 10.4 Å². The quantitative estimate of drug-likeness (QED) is 0.434. The van der Waals surface area contributed by atoms with Crippen molar-refractivity contribution in [2.45, 2.75) is 0 Å². The van der Waals surface area contributed by atoms with Gasteiger partial charge in [0, 0.05) is 11.1 Å². The van der Waals surface area contributed by atoms with E-state index in [1.165, 1.54) is 0 Å². The van der Waals surface area contributed by atoms with Crippen molar-refractivity contribution >= 4 is 12.2 Å². The molecule has 0 aliphatic rings. The van der Waals surface area contributed by atoms with E-state index in [-0.39, 0.29) is 0 Å². The summed E-state index contributed by atoms with van der Waals surface area (Å²) < 4.78 is 5.20. The van der Waals surface area contributed by atoms with Crippen LogP contribution in [0, 0.1) is 0 Å². The number of hydrazone groups is 1. The SMILES string of the molecule is C(=N/Nc1nnc(-c2ccccc2)c(-c2ccccc2)n1)/c1ccco1. The molecule has 4 aromatic rings. The van der Waals surface area contributed by atoms with Gasteiger partial charge in [0.05, 0.1) is 12.5 Å². The van der Waals surface area contributed by atoms with Crippen LogP contribution in [0.2, 0.25) is 0 Å². The van der Waals surface area contributed by atoms with Crippen LogP contribution in [0.3, 0.4) is 0 Å². The molecule has 2 heterocycles. The molecule has 126 valence electrons. The van der Waals surface area contributed by atoms with Crippen molar-refractivity contribution in [3.63, 3.8) is 0 Å². The number of nitrogens with one attached hydrogen (secondary N) is 1. The fourth-order valence-electron chi connectivity index (χ4n) is 2.48. The van der Waals surface area contributed by atoms with Gasteiger partial charge in [-0.2, -0.15) is 5.10 Å². The molecule has 0 aliphatic heterocycles. The summed E-state index contributed by atoms with van der Waals surface area (Å²) in [5.41, 5.74) is 6.17. The van der Waals surface area contributed by atoms with Crippen LogP contribution in [-0.4, -0.2) is 21.4 Å². The number of aromatic nitrogens is 3. The standard InChI is InChI=1S/C20H15N5O/c1-3-8-15(9-4-1)18-19(16-10-5-2-6-11-16)23-25-20(22-18)24-21-14-17-12-7-13-26-17/h1-14H,(H,22,24,25)/b21-14-. The molecule has 0 saturated heterocycles. The van der Waals surface area contributed by atoms with Gasteiger partial charge in [0.1, 0.15) is 17.1 Å². The molecule has 0 spiro atoms. The first-order valence-electron chi connectivity index (χ1n) is 8.08. The van der Waals surface area contributed by atoms with Gasteiger partial charge in [0.25, 0.3) is 5.95 Å². The molecule has 0 unspecified atom stereocenters. The van der Waals surface area contributed by atoms with Crippen molar-refractivity contribution in [3.05, 3.63) is 84.8 Å². The topological polar surface area (TPSA) is 76.2 Å². The van der Waals surface area contributed by atoms with E-state index in [0.717, 1.165) is 22.5 Å². The summed E-state index contributed by atoms with van der Waals surface area (Å²) in [6, 6.07) is 23.3. The number of rotatable bonds is 5. The largest absolute Gasteiger partial charge is 0.463 e. The van der Waals surface area contributed by atoms with Crippen LogP contribution in [0.1, 0.15) is 5.76 Å². The highest BCUT2D eigenvalue weighted by Gasteiger charge is 2.13. The molecule has 6 heteroatoms. The lowest BCUT2D eigenvalue weighted by Crippen LogP contribution is -2.03. The minimum atomic E-state index is 0.311. The van der Waals surface area contributed by atoms with E-state index in [2.05, 4.69) is 25.7 Å². The van der Waals surface area contributed by atoms with Crippen LogP contribution >= 0.6 is 0 Å². The first kappa shape index (κ1) is 15.7. The normalized spacial score (nSPS) is 10.9. The lowest BCUT2D eigenvalue weighted by Gasteiger charge is -2.09. The van der Waals surface area contributed by atoms with Gasteiger partial charge in [-0.1, -0.05) is 60.7 Å². The van der Waals surface area contributed by atoms with Crippen LogP contribution in [0.15, 0.2) is 88.6 Å². The fraction of sp³-hybridized carbons (Fsp3) is 0. The highest BCUT2D eigenvalue weighted by Crippen LogP contribution is 2.28. The first-order chi connectivity index (χ1) is 12.9. The summed E-state index contributed by atoms with van der Waals surface area (Å²) in [6.07, 6.45) is 3.14. The summed E-state index contributed by atoms with van der Waals surface area (Å²) >= 11 is 0.